The minimum absolute atomic E-state index is 0.0185. The molecule has 0 spiro atoms. The molecule has 8 heteroatoms. The molecule has 2 rings (SSSR count). The molecule has 0 unspecified atom stereocenters. The highest BCUT2D eigenvalue weighted by Crippen LogP contribution is 2.36. The van der Waals surface area contributed by atoms with Crippen molar-refractivity contribution in [2.45, 2.75) is 64.2 Å². The van der Waals surface area contributed by atoms with Crippen molar-refractivity contribution >= 4 is 83.7 Å². The summed E-state index contributed by atoms with van der Waals surface area (Å²) in [5, 5.41) is 12.9. The lowest BCUT2D eigenvalue weighted by molar-refractivity contribution is -0.212. The molecule has 0 amide bonds. The summed E-state index contributed by atoms with van der Waals surface area (Å²) in [7, 11) is -4.18. The SMILES string of the molecule is CC(C)c1cc(C(C)C)c(S(=O)(=O)/N=C(\[O-])c2cc(I)cc(I)c2I)c(C(C)C)c1. The molecule has 30 heavy (non-hydrogen) atoms. The average molecular weight is 764 g/mol. The van der Waals surface area contributed by atoms with Crippen LogP contribution in [0.5, 0.6) is 0 Å². The van der Waals surface area contributed by atoms with E-state index in [0.29, 0.717) is 20.3 Å². The fourth-order valence-electron chi connectivity index (χ4n) is 3.10. The predicted molar refractivity (Wildman–Crippen MR) is 147 cm³/mol. The van der Waals surface area contributed by atoms with E-state index in [1.807, 2.05) is 45.9 Å². The van der Waals surface area contributed by atoms with E-state index in [9.17, 15) is 13.5 Å². The van der Waals surface area contributed by atoms with Gasteiger partial charge in [0.25, 0.3) is 10.0 Å². The van der Waals surface area contributed by atoms with E-state index in [1.54, 1.807) is 6.07 Å². The normalized spacial score (nSPS) is 13.0. The Balaban J connectivity index is 2.80. The van der Waals surface area contributed by atoms with E-state index in [2.05, 4.69) is 86.0 Å². The summed E-state index contributed by atoms with van der Waals surface area (Å²) >= 11 is 6.32. The molecule has 2 aromatic rings. The highest BCUT2D eigenvalue weighted by atomic mass is 127. The van der Waals surface area contributed by atoms with Crippen LogP contribution in [0.25, 0.3) is 0 Å². The van der Waals surface area contributed by atoms with Crippen LogP contribution in [0.1, 0.15) is 81.5 Å². The molecular weight excluding hydrogens is 739 g/mol. The highest BCUT2D eigenvalue weighted by molar-refractivity contribution is 14.1. The summed E-state index contributed by atoms with van der Waals surface area (Å²) in [6.07, 6.45) is 0. The smallest absolute Gasteiger partial charge is 0.282 e. The highest BCUT2D eigenvalue weighted by Gasteiger charge is 2.26. The largest absolute Gasteiger partial charge is 0.858 e. The number of hydrogen-bond acceptors (Lipinski definition) is 3. The molecule has 0 saturated carbocycles. The molecule has 0 N–H and O–H groups in total. The van der Waals surface area contributed by atoms with Crippen LogP contribution >= 0.6 is 67.8 Å². The lowest BCUT2D eigenvalue weighted by Gasteiger charge is -2.22. The van der Waals surface area contributed by atoms with E-state index in [1.165, 1.54) is 0 Å². The molecule has 0 aliphatic heterocycles. The van der Waals surface area contributed by atoms with Gasteiger partial charge in [-0.2, -0.15) is 12.8 Å². The zero-order chi connectivity index (χ0) is 23.0. The van der Waals surface area contributed by atoms with Gasteiger partial charge in [-0.3, -0.25) is 0 Å². The van der Waals surface area contributed by atoms with Crippen LogP contribution in [0, 0.1) is 10.7 Å². The van der Waals surface area contributed by atoms with Crippen molar-refractivity contribution in [3.8, 4) is 0 Å². The van der Waals surface area contributed by atoms with Gasteiger partial charge >= 0.3 is 0 Å². The first-order valence-electron chi connectivity index (χ1n) is 9.60. The monoisotopic (exact) mass is 764 g/mol. The number of rotatable bonds is 6. The van der Waals surface area contributed by atoms with Gasteiger partial charge in [-0.1, -0.05) is 53.7 Å². The van der Waals surface area contributed by atoms with Crippen LogP contribution in [0.15, 0.2) is 33.6 Å². The Morgan fingerprint density at radius 3 is 1.80 bits per heavy atom. The lowest BCUT2D eigenvalue weighted by atomic mass is 9.89. The molecule has 0 atom stereocenters. The van der Waals surface area contributed by atoms with Crippen molar-refractivity contribution in [1.82, 2.24) is 0 Å². The molecule has 2 aromatic carbocycles. The van der Waals surface area contributed by atoms with Crippen molar-refractivity contribution in [3.63, 3.8) is 0 Å². The summed E-state index contributed by atoms with van der Waals surface area (Å²) in [6.45, 7) is 12.0. The number of benzene rings is 2. The van der Waals surface area contributed by atoms with Gasteiger partial charge in [0.2, 0.25) is 0 Å². The molecule has 0 fully saturated rings. The maximum atomic E-state index is 13.4. The summed E-state index contributed by atoms with van der Waals surface area (Å²) in [6, 6.07) is 7.52. The molecule has 164 valence electrons. The lowest BCUT2D eigenvalue weighted by Crippen LogP contribution is -2.23. The second kappa shape index (κ2) is 10.3. The average Bonchev–Trinajstić information content (AvgIpc) is 2.62. The maximum absolute atomic E-state index is 13.4. The summed E-state index contributed by atoms with van der Waals surface area (Å²) in [5.41, 5.74) is 2.84. The van der Waals surface area contributed by atoms with Gasteiger partial charge in [-0.15, -0.1) is 0 Å². The Morgan fingerprint density at radius 1 is 0.867 bits per heavy atom. The third kappa shape index (κ3) is 5.89. The van der Waals surface area contributed by atoms with Crippen LogP contribution in [0.3, 0.4) is 0 Å². The number of nitrogens with zero attached hydrogens (tertiary/aromatic N) is 1. The molecule has 0 aliphatic carbocycles. The minimum Gasteiger partial charge on any atom is -0.858 e. The fourth-order valence-corrected chi connectivity index (χ4v) is 7.08. The van der Waals surface area contributed by atoms with Gasteiger partial charge in [-0.25, -0.2) is 0 Å². The van der Waals surface area contributed by atoms with Gasteiger partial charge in [0.05, 0.1) is 4.90 Å². The summed E-state index contributed by atoms with van der Waals surface area (Å²) in [4.78, 5) is 0.181. The first kappa shape index (κ1) is 26.3. The quantitative estimate of drug-likeness (QED) is 0.149. The molecule has 0 aliphatic rings. The van der Waals surface area contributed by atoms with Gasteiger partial charge in [-0.05, 0) is 114 Å². The number of hydrogen-bond donors (Lipinski definition) is 0. The van der Waals surface area contributed by atoms with E-state index in [0.717, 1.165) is 12.7 Å². The third-order valence-corrected chi connectivity index (χ3v) is 9.83. The number of halogens is 3. The number of sulfonamides is 1. The summed E-state index contributed by atoms with van der Waals surface area (Å²) in [5.74, 6) is -0.497. The molecule has 0 bridgehead atoms. The fraction of sp³-hybridized carbons (Fsp3) is 0.409. The van der Waals surface area contributed by atoms with Crippen molar-refractivity contribution in [1.29, 1.82) is 0 Å². The Hall–Kier alpha value is 0.0500. The molecule has 0 saturated heterocycles. The van der Waals surface area contributed by atoms with E-state index >= 15 is 0 Å². The van der Waals surface area contributed by atoms with Crippen LogP contribution < -0.4 is 5.11 Å². The zero-order valence-electron chi connectivity index (χ0n) is 17.8. The Labute approximate surface area is 220 Å². The van der Waals surface area contributed by atoms with Gasteiger partial charge in [0, 0.05) is 22.2 Å². The molecular formula is C22H25I3NO3S-. The standard InChI is InChI=1S/C22H26I3NO3S/c1-11(2)14-7-16(12(3)4)21(17(8-14)13(5)6)30(28,29)26-22(27)18-9-15(23)10-19(24)20(18)25/h7-13H,1-6H3,(H,26,27)/p-1. The Morgan fingerprint density at radius 2 is 1.37 bits per heavy atom. The predicted octanol–water partition coefficient (Wildman–Crippen LogP) is 6.37. The summed E-state index contributed by atoms with van der Waals surface area (Å²) < 4.78 is 33.1. The van der Waals surface area contributed by atoms with E-state index < -0.39 is 15.9 Å². The van der Waals surface area contributed by atoms with Gasteiger partial charge in [0.15, 0.2) is 0 Å². The Bertz CT molecular complexity index is 1060. The molecule has 0 aromatic heterocycles. The zero-order valence-corrected chi connectivity index (χ0v) is 25.0. The van der Waals surface area contributed by atoms with Crippen molar-refractivity contribution in [2.75, 3.05) is 0 Å². The van der Waals surface area contributed by atoms with Crippen LogP contribution in [0.2, 0.25) is 0 Å². The van der Waals surface area contributed by atoms with Crippen LogP contribution in [0.4, 0.5) is 0 Å². The molecule has 4 nitrogen and oxygen atoms in total. The minimum atomic E-state index is -4.18. The van der Waals surface area contributed by atoms with Crippen LogP contribution in [-0.4, -0.2) is 14.3 Å². The van der Waals surface area contributed by atoms with Crippen molar-refractivity contribution < 1.29 is 13.5 Å². The van der Waals surface area contributed by atoms with Crippen molar-refractivity contribution in [2.24, 2.45) is 4.40 Å². The molecule has 0 heterocycles. The Kier molecular flexibility index (Phi) is 9.05. The first-order valence-corrected chi connectivity index (χ1v) is 14.3. The second-order valence-corrected chi connectivity index (χ2v) is 13.1. The van der Waals surface area contributed by atoms with E-state index in [-0.39, 0.29) is 22.6 Å². The van der Waals surface area contributed by atoms with Gasteiger partial charge < -0.3 is 5.11 Å². The third-order valence-electron chi connectivity index (χ3n) is 4.76. The maximum Gasteiger partial charge on any atom is 0.282 e. The first-order chi connectivity index (χ1) is 13.8. The van der Waals surface area contributed by atoms with Crippen molar-refractivity contribution in [3.05, 3.63) is 57.2 Å². The van der Waals surface area contributed by atoms with Crippen LogP contribution in [-0.2, 0) is 10.0 Å². The molecule has 0 radical (unpaired) electrons. The van der Waals surface area contributed by atoms with E-state index in [4.69, 9.17) is 0 Å². The van der Waals surface area contributed by atoms with Gasteiger partial charge in [0.1, 0.15) is 0 Å². The second-order valence-electron chi connectivity index (χ2n) is 8.11. The topological polar surface area (TPSA) is 69.6 Å².